The van der Waals surface area contributed by atoms with E-state index in [-0.39, 0.29) is 31.5 Å². The topological polar surface area (TPSA) is 104 Å². The van der Waals surface area contributed by atoms with Gasteiger partial charge in [-0.2, -0.15) is 0 Å². The molecule has 0 saturated carbocycles. The molecule has 1 aromatic rings. The van der Waals surface area contributed by atoms with E-state index in [2.05, 4.69) is 4.72 Å². The minimum absolute atomic E-state index is 0.116. The van der Waals surface area contributed by atoms with Gasteiger partial charge in [0.1, 0.15) is 5.25 Å². The number of rotatable bonds is 8. The van der Waals surface area contributed by atoms with Gasteiger partial charge in [0.05, 0.1) is 5.92 Å². The summed E-state index contributed by atoms with van der Waals surface area (Å²) in [5.74, 6) is -1.80. The van der Waals surface area contributed by atoms with Gasteiger partial charge in [0.25, 0.3) is 5.91 Å². The lowest BCUT2D eigenvalue weighted by Gasteiger charge is -2.38. The average molecular weight is 368 g/mol. The molecular weight excluding hydrogens is 344 g/mol. The maximum absolute atomic E-state index is 12.3. The second kappa shape index (κ2) is 7.97. The molecule has 0 radical (unpaired) electrons. The molecule has 1 fully saturated rings. The first-order chi connectivity index (χ1) is 11.7. The number of carboxylic acid groups (broad SMARTS) is 1. The fourth-order valence-electron chi connectivity index (χ4n) is 2.74. The minimum atomic E-state index is -3.64. The number of nitrogens with one attached hydrogen (secondary N) is 1. The Labute approximate surface area is 148 Å². The van der Waals surface area contributed by atoms with Crippen LogP contribution in [-0.4, -0.2) is 55.2 Å². The number of carboxylic acids is 1. The van der Waals surface area contributed by atoms with Crippen molar-refractivity contribution in [3.05, 3.63) is 35.9 Å². The van der Waals surface area contributed by atoms with Crippen LogP contribution in [0, 0.1) is 11.8 Å². The Morgan fingerprint density at radius 3 is 2.36 bits per heavy atom. The van der Waals surface area contributed by atoms with Gasteiger partial charge in [-0.25, -0.2) is 13.1 Å². The molecule has 0 bridgehead atoms. The van der Waals surface area contributed by atoms with E-state index in [0.717, 1.165) is 0 Å². The molecule has 1 heterocycles. The van der Waals surface area contributed by atoms with Crippen LogP contribution in [0.5, 0.6) is 0 Å². The van der Waals surface area contributed by atoms with Crippen molar-refractivity contribution in [3.8, 4) is 0 Å². The Balaban J connectivity index is 1.88. The van der Waals surface area contributed by atoms with Crippen molar-refractivity contribution in [2.24, 2.45) is 11.8 Å². The molecule has 0 aromatic heterocycles. The number of likely N-dealkylation sites (tertiary alicyclic amines) is 1. The molecule has 1 amide bonds. The first kappa shape index (κ1) is 19.4. The average Bonchev–Trinajstić information content (AvgIpc) is 2.50. The second-order valence-electron chi connectivity index (χ2n) is 6.76. The number of carbonyl (C=O) groups excluding carboxylic acids is 1. The van der Waals surface area contributed by atoms with E-state index in [1.807, 2.05) is 13.8 Å². The van der Waals surface area contributed by atoms with Crippen LogP contribution in [0.4, 0.5) is 0 Å². The standard InChI is InChI=1S/C17H24N2O5S/c1-12(2)8-14(17(21)22)9-18-25(23,24)15-10-19(11-15)16(20)13-6-4-3-5-7-13/h3-7,12,14-15,18H,8-11H2,1-2H3,(H,21,22). The van der Waals surface area contributed by atoms with Gasteiger partial charge in [0, 0.05) is 25.2 Å². The number of hydrogen-bond acceptors (Lipinski definition) is 4. The van der Waals surface area contributed by atoms with Crippen molar-refractivity contribution in [2.45, 2.75) is 25.5 Å². The number of nitrogens with zero attached hydrogens (tertiary/aromatic N) is 1. The lowest BCUT2D eigenvalue weighted by atomic mass is 9.98. The predicted molar refractivity (Wildman–Crippen MR) is 93.6 cm³/mol. The molecule has 2 N–H and O–H groups in total. The largest absolute Gasteiger partial charge is 0.481 e. The third-order valence-electron chi connectivity index (χ3n) is 4.23. The second-order valence-corrected chi connectivity index (χ2v) is 8.80. The van der Waals surface area contributed by atoms with Crippen LogP contribution in [-0.2, 0) is 14.8 Å². The van der Waals surface area contributed by atoms with E-state index in [9.17, 15) is 23.1 Å². The zero-order chi connectivity index (χ0) is 18.6. The summed E-state index contributed by atoms with van der Waals surface area (Å²) in [7, 11) is -3.64. The third kappa shape index (κ3) is 5.02. The summed E-state index contributed by atoms with van der Waals surface area (Å²) in [5.41, 5.74) is 0.522. The van der Waals surface area contributed by atoms with E-state index < -0.39 is 27.2 Å². The quantitative estimate of drug-likeness (QED) is 0.717. The van der Waals surface area contributed by atoms with Gasteiger partial charge in [0.2, 0.25) is 10.0 Å². The Bertz CT molecular complexity index is 712. The molecule has 7 nitrogen and oxygen atoms in total. The third-order valence-corrected chi connectivity index (χ3v) is 5.98. The number of sulfonamides is 1. The van der Waals surface area contributed by atoms with E-state index in [1.54, 1.807) is 30.3 Å². The molecule has 1 unspecified atom stereocenters. The van der Waals surface area contributed by atoms with E-state index >= 15 is 0 Å². The van der Waals surface area contributed by atoms with Crippen molar-refractivity contribution in [1.29, 1.82) is 0 Å². The maximum atomic E-state index is 12.3. The molecule has 1 atom stereocenters. The monoisotopic (exact) mass is 368 g/mol. The van der Waals surface area contributed by atoms with Gasteiger partial charge in [-0.15, -0.1) is 0 Å². The first-order valence-corrected chi connectivity index (χ1v) is 9.81. The van der Waals surface area contributed by atoms with E-state index in [1.165, 1.54) is 4.90 Å². The van der Waals surface area contributed by atoms with Crippen LogP contribution in [0.25, 0.3) is 0 Å². The molecule has 1 saturated heterocycles. The van der Waals surface area contributed by atoms with Gasteiger partial charge in [-0.1, -0.05) is 32.0 Å². The highest BCUT2D eigenvalue weighted by Gasteiger charge is 2.40. The Hall–Kier alpha value is -1.93. The lowest BCUT2D eigenvalue weighted by molar-refractivity contribution is -0.142. The number of benzene rings is 1. The highest BCUT2D eigenvalue weighted by Crippen LogP contribution is 2.19. The van der Waals surface area contributed by atoms with Crippen LogP contribution in [0.2, 0.25) is 0 Å². The summed E-state index contributed by atoms with van der Waals surface area (Å²) in [4.78, 5) is 24.9. The fourth-order valence-corrected chi connectivity index (χ4v) is 4.16. The summed E-state index contributed by atoms with van der Waals surface area (Å²) in [6, 6.07) is 8.69. The highest BCUT2D eigenvalue weighted by atomic mass is 32.2. The van der Waals surface area contributed by atoms with E-state index in [4.69, 9.17) is 0 Å². The zero-order valence-electron chi connectivity index (χ0n) is 14.4. The van der Waals surface area contributed by atoms with Crippen molar-refractivity contribution in [2.75, 3.05) is 19.6 Å². The first-order valence-electron chi connectivity index (χ1n) is 8.26. The van der Waals surface area contributed by atoms with Crippen LogP contribution in [0.1, 0.15) is 30.6 Å². The summed E-state index contributed by atoms with van der Waals surface area (Å²) in [6.07, 6.45) is 0.404. The molecule has 25 heavy (non-hydrogen) atoms. The van der Waals surface area contributed by atoms with Gasteiger partial charge in [-0.05, 0) is 24.5 Å². The Morgan fingerprint density at radius 2 is 1.84 bits per heavy atom. The van der Waals surface area contributed by atoms with Crippen molar-refractivity contribution < 1.29 is 23.1 Å². The lowest BCUT2D eigenvalue weighted by Crippen LogP contribution is -2.59. The van der Waals surface area contributed by atoms with Crippen molar-refractivity contribution in [3.63, 3.8) is 0 Å². The van der Waals surface area contributed by atoms with Crippen LogP contribution in [0.3, 0.4) is 0 Å². The fraction of sp³-hybridized carbons (Fsp3) is 0.529. The number of amides is 1. The van der Waals surface area contributed by atoms with Gasteiger partial charge in [0.15, 0.2) is 0 Å². The summed E-state index contributed by atoms with van der Waals surface area (Å²) in [5, 5.41) is 8.48. The normalized spacial score (nSPS) is 16.5. The molecule has 8 heteroatoms. The number of carbonyl (C=O) groups is 2. The molecular formula is C17H24N2O5S. The van der Waals surface area contributed by atoms with Crippen molar-refractivity contribution >= 4 is 21.9 Å². The molecule has 0 aliphatic carbocycles. The highest BCUT2D eigenvalue weighted by molar-refractivity contribution is 7.90. The number of hydrogen-bond donors (Lipinski definition) is 2. The van der Waals surface area contributed by atoms with Crippen molar-refractivity contribution in [1.82, 2.24) is 9.62 Å². The van der Waals surface area contributed by atoms with Gasteiger partial charge in [-0.3, -0.25) is 9.59 Å². The summed E-state index contributed by atoms with van der Waals surface area (Å²) >= 11 is 0. The Kier molecular flexibility index (Phi) is 6.18. The molecule has 2 rings (SSSR count). The van der Waals surface area contributed by atoms with Gasteiger partial charge < -0.3 is 10.0 Å². The molecule has 1 aliphatic heterocycles. The maximum Gasteiger partial charge on any atom is 0.307 e. The SMILES string of the molecule is CC(C)CC(CNS(=O)(=O)C1CN(C(=O)c2ccccc2)C1)C(=O)O. The number of aliphatic carboxylic acids is 1. The molecule has 1 aliphatic rings. The summed E-state index contributed by atoms with van der Waals surface area (Å²) < 4.78 is 27.0. The predicted octanol–water partition coefficient (Wildman–Crippen LogP) is 1.18. The van der Waals surface area contributed by atoms with Gasteiger partial charge >= 0.3 is 5.97 Å². The molecule has 0 spiro atoms. The molecule has 1 aromatic carbocycles. The Morgan fingerprint density at radius 1 is 1.24 bits per heavy atom. The van der Waals surface area contributed by atoms with Crippen LogP contribution in [0.15, 0.2) is 30.3 Å². The summed E-state index contributed by atoms with van der Waals surface area (Å²) in [6.45, 7) is 3.89. The smallest absolute Gasteiger partial charge is 0.307 e. The van der Waals surface area contributed by atoms with E-state index in [0.29, 0.717) is 12.0 Å². The van der Waals surface area contributed by atoms with Crippen LogP contribution < -0.4 is 4.72 Å². The van der Waals surface area contributed by atoms with Crippen LogP contribution >= 0.6 is 0 Å². The minimum Gasteiger partial charge on any atom is -0.481 e. The zero-order valence-corrected chi connectivity index (χ0v) is 15.2. The molecule has 138 valence electrons.